The minimum absolute atomic E-state index is 0.624. The van der Waals surface area contributed by atoms with Crippen LogP contribution in [0.2, 0.25) is 0 Å². The molecule has 0 saturated heterocycles. The van der Waals surface area contributed by atoms with E-state index in [1.54, 1.807) is 0 Å². The molecule has 0 radical (unpaired) electrons. The molecule has 0 aromatic carbocycles. The highest BCUT2D eigenvalue weighted by molar-refractivity contribution is 5.07. The second-order valence-corrected chi connectivity index (χ2v) is 3.01. The zero-order chi connectivity index (χ0) is 7.40. The Hall–Kier alpha value is -0.300. The lowest BCUT2D eigenvalue weighted by Gasteiger charge is -2.24. The Balaban J connectivity index is 2.32. The molecule has 0 spiro atoms. The highest BCUT2D eigenvalue weighted by atomic mass is 14.9. The largest absolute Gasteiger partial charge is 0.311 e. The van der Waals surface area contributed by atoms with Crippen LogP contribution in [-0.2, 0) is 0 Å². The molecule has 1 saturated carbocycles. The summed E-state index contributed by atoms with van der Waals surface area (Å²) in [5.41, 5.74) is 1.41. The van der Waals surface area contributed by atoms with E-state index in [2.05, 4.69) is 18.8 Å². The molecule has 1 rings (SSSR count). The third-order valence-electron chi connectivity index (χ3n) is 2.18. The van der Waals surface area contributed by atoms with Gasteiger partial charge in [-0.3, -0.25) is 0 Å². The summed E-state index contributed by atoms with van der Waals surface area (Å²) < 4.78 is 0. The van der Waals surface area contributed by atoms with Crippen LogP contribution in [0, 0.1) is 0 Å². The van der Waals surface area contributed by atoms with Crippen molar-refractivity contribution in [1.29, 1.82) is 0 Å². The van der Waals surface area contributed by atoms with E-state index >= 15 is 0 Å². The molecule has 1 fully saturated rings. The van der Waals surface area contributed by atoms with Gasteiger partial charge in [0.1, 0.15) is 0 Å². The maximum atomic E-state index is 4.05. The summed E-state index contributed by atoms with van der Waals surface area (Å²) in [4.78, 5) is 0. The predicted octanol–water partition coefficient (Wildman–Crippen LogP) is 2.09. The van der Waals surface area contributed by atoms with Crippen molar-refractivity contribution in [2.75, 3.05) is 6.54 Å². The SMILES string of the molecule is C=C1CCCCC1NCC. The Morgan fingerprint density at radius 3 is 3.00 bits per heavy atom. The molecular weight excluding hydrogens is 122 g/mol. The Morgan fingerprint density at radius 2 is 2.40 bits per heavy atom. The van der Waals surface area contributed by atoms with Gasteiger partial charge in [-0.2, -0.15) is 0 Å². The first-order valence-corrected chi connectivity index (χ1v) is 4.25. The van der Waals surface area contributed by atoms with Gasteiger partial charge in [0.25, 0.3) is 0 Å². The van der Waals surface area contributed by atoms with Gasteiger partial charge in [0, 0.05) is 6.04 Å². The molecule has 1 unspecified atom stereocenters. The standard InChI is InChI=1S/C9H17N/c1-3-10-9-7-5-4-6-8(9)2/h9-10H,2-7H2,1H3. The smallest absolute Gasteiger partial charge is 0.0276 e. The molecule has 1 heteroatoms. The van der Waals surface area contributed by atoms with E-state index < -0.39 is 0 Å². The van der Waals surface area contributed by atoms with Gasteiger partial charge in [-0.25, -0.2) is 0 Å². The Labute approximate surface area is 63.5 Å². The zero-order valence-electron chi connectivity index (χ0n) is 6.82. The maximum absolute atomic E-state index is 4.05. The first-order chi connectivity index (χ1) is 4.84. The summed E-state index contributed by atoms with van der Waals surface area (Å²) in [6.45, 7) is 7.28. The van der Waals surface area contributed by atoms with Crippen LogP contribution < -0.4 is 5.32 Å². The Morgan fingerprint density at radius 1 is 1.60 bits per heavy atom. The fraction of sp³-hybridized carbons (Fsp3) is 0.778. The number of hydrogen-bond donors (Lipinski definition) is 1. The lowest BCUT2D eigenvalue weighted by atomic mass is 9.91. The van der Waals surface area contributed by atoms with Crippen LogP contribution in [0.4, 0.5) is 0 Å². The quantitative estimate of drug-likeness (QED) is 0.578. The molecule has 0 aromatic heterocycles. The molecule has 10 heavy (non-hydrogen) atoms. The van der Waals surface area contributed by atoms with E-state index in [0.717, 1.165) is 6.54 Å². The van der Waals surface area contributed by atoms with Crippen LogP contribution in [0.3, 0.4) is 0 Å². The van der Waals surface area contributed by atoms with Crippen LogP contribution in [0.1, 0.15) is 32.6 Å². The molecule has 1 aliphatic rings. The van der Waals surface area contributed by atoms with Crippen molar-refractivity contribution in [2.45, 2.75) is 38.6 Å². The second kappa shape index (κ2) is 3.77. The molecule has 0 heterocycles. The number of hydrogen-bond acceptors (Lipinski definition) is 1. The fourth-order valence-electron chi connectivity index (χ4n) is 1.57. The van der Waals surface area contributed by atoms with Gasteiger partial charge in [-0.05, 0) is 25.8 Å². The van der Waals surface area contributed by atoms with Crippen LogP contribution in [0.5, 0.6) is 0 Å². The van der Waals surface area contributed by atoms with Crippen molar-refractivity contribution >= 4 is 0 Å². The summed E-state index contributed by atoms with van der Waals surface area (Å²) in [6.07, 6.45) is 5.25. The van der Waals surface area contributed by atoms with Gasteiger partial charge < -0.3 is 5.32 Å². The summed E-state index contributed by atoms with van der Waals surface area (Å²) in [7, 11) is 0. The van der Waals surface area contributed by atoms with Gasteiger partial charge >= 0.3 is 0 Å². The summed E-state index contributed by atoms with van der Waals surface area (Å²) in [5.74, 6) is 0. The van der Waals surface area contributed by atoms with Gasteiger partial charge in [-0.1, -0.05) is 25.5 Å². The van der Waals surface area contributed by atoms with Gasteiger partial charge in [0.05, 0.1) is 0 Å². The average molecular weight is 139 g/mol. The van der Waals surface area contributed by atoms with Gasteiger partial charge in [0.2, 0.25) is 0 Å². The van der Waals surface area contributed by atoms with Crippen molar-refractivity contribution in [2.24, 2.45) is 0 Å². The monoisotopic (exact) mass is 139 g/mol. The number of rotatable bonds is 2. The normalized spacial score (nSPS) is 26.9. The van der Waals surface area contributed by atoms with Gasteiger partial charge in [0.15, 0.2) is 0 Å². The Kier molecular flexibility index (Phi) is 2.94. The van der Waals surface area contributed by atoms with Gasteiger partial charge in [-0.15, -0.1) is 0 Å². The molecule has 1 aliphatic carbocycles. The van der Waals surface area contributed by atoms with Crippen molar-refractivity contribution in [3.8, 4) is 0 Å². The van der Waals surface area contributed by atoms with Crippen molar-refractivity contribution in [3.63, 3.8) is 0 Å². The molecule has 0 aromatic rings. The van der Waals surface area contributed by atoms with Crippen LogP contribution in [0.25, 0.3) is 0 Å². The molecule has 1 N–H and O–H groups in total. The number of nitrogens with one attached hydrogen (secondary N) is 1. The molecular formula is C9H17N. The third kappa shape index (κ3) is 1.84. The molecule has 1 atom stereocenters. The first kappa shape index (κ1) is 7.80. The number of likely N-dealkylation sites (N-methyl/N-ethyl adjacent to an activating group) is 1. The third-order valence-corrected chi connectivity index (χ3v) is 2.18. The van der Waals surface area contributed by atoms with Crippen LogP contribution >= 0.6 is 0 Å². The predicted molar refractivity (Wildman–Crippen MR) is 45.1 cm³/mol. The fourth-order valence-corrected chi connectivity index (χ4v) is 1.57. The van der Waals surface area contributed by atoms with Crippen LogP contribution in [-0.4, -0.2) is 12.6 Å². The minimum Gasteiger partial charge on any atom is -0.311 e. The Bertz CT molecular complexity index is 116. The highest BCUT2D eigenvalue weighted by Crippen LogP contribution is 2.21. The topological polar surface area (TPSA) is 12.0 Å². The maximum Gasteiger partial charge on any atom is 0.0276 e. The lowest BCUT2D eigenvalue weighted by molar-refractivity contribution is 0.465. The summed E-state index contributed by atoms with van der Waals surface area (Å²) >= 11 is 0. The average Bonchev–Trinajstić information content (AvgIpc) is 1.94. The van der Waals surface area contributed by atoms with E-state index in [0.29, 0.717) is 6.04 Å². The van der Waals surface area contributed by atoms with Crippen molar-refractivity contribution < 1.29 is 0 Å². The molecule has 0 bridgehead atoms. The second-order valence-electron chi connectivity index (χ2n) is 3.01. The van der Waals surface area contributed by atoms with E-state index in [1.165, 1.54) is 31.3 Å². The molecule has 0 aliphatic heterocycles. The molecule has 1 nitrogen and oxygen atoms in total. The van der Waals surface area contributed by atoms with E-state index in [1.807, 2.05) is 0 Å². The summed E-state index contributed by atoms with van der Waals surface area (Å²) in [5, 5.41) is 3.43. The van der Waals surface area contributed by atoms with E-state index in [-0.39, 0.29) is 0 Å². The highest BCUT2D eigenvalue weighted by Gasteiger charge is 2.14. The summed E-state index contributed by atoms with van der Waals surface area (Å²) in [6, 6.07) is 0.624. The first-order valence-electron chi connectivity index (χ1n) is 4.25. The van der Waals surface area contributed by atoms with Crippen molar-refractivity contribution in [3.05, 3.63) is 12.2 Å². The van der Waals surface area contributed by atoms with Crippen LogP contribution in [0.15, 0.2) is 12.2 Å². The molecule has 58 valence electrons. The zero-order valence-corrected chi connectivity index (χ0v) is 6.82. The van der Waals surface area contributed by atoms with Crippen molar-refractivity contribution in [1.82, 2.24) is 5.32 Å². The van der Waals surface area contributed by atoms with E-state index in [9.17, 15) is 0 Å². The lowest BCUT2D eigenvalue weighted by Crippen LogP contribution is -2.32. The minimum atomic E-state index is 0.624. The van der Waals surface area contributed by atoms with E-state index in [4.69, 9.17) is 0 Å². The molecule has 0 amide bonds.